The molecular formula is C18H16F5N3O2S. The lowest BCUT2D eigenvalue weighted by Gasteiger charge is -2.22. The van der Waals surface area contributed by atoms with E-state index in [0.29, 0.717) is 17.0 Å². The first-order chi connectivity index (χ1) is 13.4. The molecule has 0 saturated heterocycles. The highest BCUT2D eigenvalue weighted by Gasteiger charge is 2.43. The van der Waals surface area contributed by atoms with Gasteiger partial charge in [-0.2, -0.15) is 17.9 Å². The van der Waals surface area contributed by atoms with Crippen LogP contribution < -0.4 is 10.5 Å². The largest absolute Gasteiger partial charge is 0.405 e. The summed E-state index contributed by atoms with van der Waals surface area (Å²) in [5, 5.41) is 0.505. The summed E-state index contributed by atoms with van der Waals surface area (Å²) >= 11 is 0. The molecule has 1 aromatic heterocycles. The van der Waals surface area contributed by atoms with Crippen LogP contribution >= 0.6 is 0 Å². The van der Waals surface area contributed by atoms with Crippen molar-refractivity contribution in [2.75, 3.05) is 5.73 Å². The van der Waals surface area contributed by atoms with Crippen LogP contribution in [0.25, 0.3) is 10.9 Å². The molecule has 3 rings (SSSR count). The van der Waals surface area contributed by atoms with E-state index in [4.69, 9.17) is 5.73 Å². The molecule has 11 heteroatoms. The number of aryl methyl sites for hydroxylation is 1. The molecule has 29 heavy (non-hydrogen) atoms. The standard InChI is InChI=1S/C18H16F5N3O2S/c1-9-2-3-15-12(4-9)10(8-25-15)5-16(18(21,22)23)26-29(27,28)17-13(20)6-11(19)7-14(17)24/h2-4,6-8,16,25-26H,5,24H2,1H3. The molecule has 0 aliphatic rings. The van der Waals surface area contributed by atoms with Crippen molar-refractivity contribution in [3.63, 3.8) is 0 Å². The number of nitrogens with two attached hydrogens (primary N) is 1. The lowest BCUT2D eigenvalue weighted by atomic mass is 10.0. The molecule has 3 aromatic rings. The van der Waals surface area contributed by atoms with Crippen LogP contribution in [0.5, 0.6) is 0 Å². The zero-order chi connectivity index (χ0) is 21.6. The number of nitrogen functional groups attached to an aromatic ring is 1. The van der Waals surface area contributed by atoms with E-state index in [2.05, 4.69) is 4.98 Å². The van der Waals surface area contributed by atoms with E-state index in [9.17, 15) is 30.4 Å². The van der Waals surface area contributed by atoms with E-state index in [1.54, 1.807) is 25.1 Å². The predicted molar refractivity (Wildman–Crippen MR) is 97.7 cm³/mol. The van der Waals surface area contributed by atoms with Gasteiger partial charge in [-0.05, 0) is 37.1 Å². The Morgan fingerprint density at radius 1 is 1.17 bits per heavy atom. The van der Waals surface area contributed by atoms with Crippen LogP contribution in [0.15, 0.2) is 41.4 Å². The topological polar surface area (TPSA) is 88.0 Å². The van der Waals surface area contributed by atoms with Crippen molar-refractivity contribution in [2.24, 2.45) is 0 Å². The molecule has 1 heterocycles. The van der Waals surface area contributed by atoms with E-state index >= 15 is 0 Å². The number of hydrogen-bond acceptors (Lipinski definition) is 3. The van der Waals surface area contributed by atoms with Crippen molar-refractivity contribution in [3.8, 4) is 0 Å². The fourth-order valence-electron chi connectivity index (χ4n) is 3.02. The second-order valence-electron chi connectivity index (χ2n) is 6.59. The summed E-state index contributed by atoms with van der Waals surface area (Å²) in [6.07, 6.45) is -4.37. The zero-order valence-electron chi connectivity index (χ0n) is 14.9. The summed E-state index contributed by atoms with van der Waals surface area (Å²) in [6, 6.07) is 3.32. The summed E-state index contributed by atoms with van der Waals surface area (Å²) in [6.45, 7) is 1.76. The molecule has 156 valence electrons. The van der Waals surface area contributed by atoms with Gasteiger partial charge in [0.15, 0.2) is 0 Å². The summed E-state index contributed by atoms with van der Waals surface area (Å²) in [7, 11) is -5.03. The molecule has 5 nitrogen and oxygen atoms in total. The predicted octanol–water partition coefficient (Wildman–Crippen LogP) is 3.79. The number of sulfonamides is 1. The van der Waals surface area contributed by atoms with Crippen molar-refractivity contribution in [1.29, 1.82) is 0 Å². The number of fused-ring (bicyclic) bond motifs is 1. The fourth-order valence-corrected chi connectivity index (χ4v) is 4.41. The highest BCUT2D eigenvalue weighted by molar-refractivity contribution is 7.89. The van der Waals surface area contributed by atoms with E-state index < -0.39 is 50.9 Å². The number of nitrogens with one attached hydrogen (secondary N) is 2. The molecule has 0 fully saturated rings. The average molecular weight is 433 g/mol. The van der Waals surface area contributed by atoms with Crippen LogP contribution in [-0.4, -0.2) is 25.6 Å². The van der Waals surface area contributed by atoms with Gasteiger partial charge in [0, 0.05) is 23.2 Å². The van der Waals surface area contributed by atoms with Crippen LogP contribution in [-0.2, 0) is 16.4 Å². The first kappa shape index (κ1) is 21.1. The van der Waals surface area contributed by atoms with Gasteiger partial charge in [-0.25, -0.2) is 17.2 Å². The van der Waals surface area contributed by atoms with Gasteiger partial charge in [0.25, 0.3) is 0 Å². The Labute approximate surface area is 162 Å². The number of alkyl halides is 3. The number of H-pyrrole nitrogens is 1. The van der Waals surface area contributed by atoms with Gasteiger partial charge >= 0.3 is 6.18 Å². The Hall–Kier alpha value is -2.66. The van der Waals surface area contributed by atoms with Crippen LogP contribution in [0.1, 0.15) is 11.1 Å². The van der Waals surface area contributed by atoms with Crippen molar-refractivity contribution in [1.82, 2.24) is 9.71 Å². The summed E-state index contributed by atoms with van der Waals surface area (Å²) in [4.78, 5) is 1.59. The van der Waals surface area contributed by atoms with E-state index in [1.807, 2.05) is 0 Å². The summed E-state index contributed by atoms with van der Waals surface area (Å²) < 4.78 is 94.2. The highest BCUT2D eigenvalue weighted by atomic mass is 32.2. The first-order valence-corrected chi connectivity index (χ1v) is 9.77. The third-order valence-corrected chi connectivity index (χ3v) is 5.91. The van der Waals surface area contributed by atoms with E-state index in [-0.39, 0.29) is 11.6 Å². The maximum absolute atomic E-state index is 14.0. The molecule has 0 amide bonds. The fraction of sp³-hybridized carbons (Fsp3) is 0.222. The smallest absolute Gasteiger partial charge is 0.397 e. The number of hydrogen-bond donors (Lipinski definition) is 3. The van der Waals surface area contributed by atoms with Crippen molar-refractivity contribution >= 4 is 26.6 Å². The van der Waals surface area contributed by atoms with Gasteiger partial charge in [0.2, 0.25) is 10.0 Å². The van der Waals surface area contributed by atoms with Gasteiger partial charge in [0.05, 0.1) is 5.69 Å². The molecule has 0 bridgehead atoms. The monoisotopic (exact) mass is 433 g/mol. The Bertz CT molecular complexity index is 1150. The minimum Gasteiger partial charge on any atom is -0.397 e. The molecule has 0 radical (unpaired) electrons. The lowest BCUT2D eigenvalue weighted by Crippen LogP contribution is -2.47. The average Bonchev–Trinajstić information content (AvgIpc) is 2.94. The zero-order valence-corrected chi connectivity index (χ0v) is 15.8. The molecule has 2 aromatic carbocycles. The molecule has 0 spiro atoms. The molecule has 0 aliphatic heterocycles. The number of halogens is 5. The van der Waals surface area contributed by atoms with E-state index in [1.165, 1.54) is 10.9 Å². The van der Waals surface area contributed by atoms with Gasteiger partial charge in [-0.3, -0.25) is 0 Å². The van der Waals surface area contributed by atoms with Crippen molar-refractivity contribution < 1.29 is 30.4 Å². The van der Waals surface area contributed by atoms with Crippen LogP contribution in [0, 0.1) is 18.6 Å². The summed E-state index contributed by atoms with van der Waals surface area (Å²) in [5.41, 5.74) is 6.12. The maximum Gasteiger partial charge on any atom is 0.405 e. The first-order valence-electron chi connectivity index (χ1n) is 8.28. The van der Waals surface area contributed by atoms with Crippen molar-refractivity contribution in [3.05, 3.63) is 59.3 Å². The number of rotatable bonds is 5. The Morgan fingerprint density at radius 2 is 1.86 bits per heavy atom. The minimum absolute atomic E-state index is 0.223. The Morgan fingerprint density at radius 3 is 2.48 bits per heavy atom. The molecular weight excluding hydrogens is 417 g/mol. The molecule has 1 unspecified atom stereocenters. The normalized spacial score (nSPS) is 13.7. The van der Waals surface area contributed by atoms with Crippen LogP contribution in [0.3, 0.4) is 0 Å². The highest BCUT2D eigenvalue weighted by Crippen LogP contribution is 2.30. The molecule has 0 saturated carbocycles. The maximum atomic E-state index is 14.0. The molecule has 4 N–H and O–H groups in total. The summed E-state index contributed by atoms with van der Waals surface area (Å²) in [5.74, 6) is -2.74. The van der Waals surface area contributed by atoms with Gasteiger partial charge in [-0.15, -0.1) is 0 Å². The third-order valence-electron chi connectivity index (χ3n) is 4.35. The van der Waals surface area contributed by atoms with Crippen LogP contribution in [0.4, 0.5) is 27.6 Å². The van der Waals surface area contributed by atoms with Gasteiger partial charge in [-0.1, -0.05) is 11.6 Å². The number of benzene rings is 2. The number of anilines is 1. The van der Waals surface area contributed by atoms with E-state index in [0.717, 1.165) is 5.56 Å². The molecule has 0 aliphatic carbocycles. The lowest BCUT2D eigenvalue weighted by molar-refractivity contribution is -0.150. The minimum atomic E-state index is -5.03. The van der Waals surface area contributed by atoms with Crippen LogP contribution in [0.2, 0.25) is 0 Å². The van der Waals surface area contributed by atoms with Crippen molar-refractivity contribution in [2.45, 2.75) is 30.5 Å². The number of aromatic nitrogens is 1. The van der Waals surface area contributed by atoms with Gasteiger partial charge in [0.1, 0.15) is 22.6 Å². The molecule has 1 atom stereocenters. The SMILES string of the molecule is Cc1ccc2[nH]cc(CC(NS(=O)(=O)c3c(N)cc(F)cc3F)C(F)(F)F)c2c1. The van der Waals surface area contributed by atoms with Gasteiger partial charge < -0.3 is 10.7 Å². The number of aromatic amines is 1. The Kier molecular flexibility index (Phi) is 5.30. The second-order valence-corrected chi connectivity index (χ2v) is 8.24. The quantitative estimate of drug-likeness (QED) is 0.423. The second kappa shape index (κ2) is 7.30. The Balaban J connectivity index is 1.99. The third kappa shape index (κ3) is 4.35.